The van der Waals surface area contributed by atoms with E-state index in [2.05, 4.69) is 0 Å². The standard InChI is InChI=1S/C13H10ClFO/c14-9-10-4-3-5-11(8-10)16-13-7-2-1-6-12(13)15/h1-8H,9H2. The summed E-state index contributed by atoms with van der Waals surface area (Å²) >= 11 is 5.70. The Morgan fingerprint density at radius 3 is 2.62 bits per heavy atom. The predicted octanol–water partition coefficient (Wildman–Crippen LogP) is 4.36. The van der Waals surface area contributed by atoms with E-state index in [0.717, 1.165) is 5.56 Å². The Morgan fingerprint density at radius 2 is 1.88 bits per heavy atom. The fraction of sp³-hybridized carbons (Fsp3) is 0.0769. The van der Waals surface area contributed by atoms with Crippen LogP contribution >= 0.6 is 11.6 Å². The highest BCUT2D eigenvalue weighted by molar-refractivity contribution is 6.17. The number of halogens is 2. The minimum atomic E-state index is -0.376. The lowest BCUT2D eigenvalue weighted by molar-refractivity contribution is 0.442. The number of benzene rings is 2. The van der Waals surface area contributed by atoms with Crippen molar-refractivity contribution in [2.75, 3.05) is 0 Å². The maximum atomic E-state index is 13.3. The molecule has 0 aliphatic heterocycles. The molecule has 0 aliphatic rings. The van der Waals surface area contributed by atoms with Crippen molar-refractivity contribution in [2.45, 2.75) is 5.88 Å². The van der Waals surface area contributed by atoms with Crippen LogP contribution in [-0.4, -0.2) is 0 Å². The van der Waals surface area contributed by atoms with Gasteiger partial charge < -0.3 is 4.74 Å². The van der Waals surface area contributed by atoms with Crippen LogP contribution in [0.2, 0.25) is 0 Å². The van der Waals surface area contributed by atoms with Crippen molar-refractivity contribution in [3.05, 3.63) is 59.9 Å². The first-order valence-corrected chi connectivity index (χ1v) is 5.40. The summed E-state index contributed by atoms with van der Waals surface area (Å²) < 4.78 is 18.7. The van der Waals surface area contributed by atoms with E-state index >= 15 is 0 Å². The molecule has 0 atom stereocenters. The summed E-state index contributed by atoms with van der Waals surface area (Å²) in [7, 11) is 0. The smallest absolute Gasteiger partial charge is 0.165 e. The maximum absolute atomic E-state index is 13.3. The molecule has 0 fully saturated rings. The van der Waals surface area contributed by atoms with Crippen LogP contribution in [0.4, 0.5) is 4.39 Å². The topological polar surface area (TPSA) is 9.23 Å². The summed E-state index contributed by atoms with van der Waals surface area (Å²) in [6.45, 7) is 0. The second-order valence-corrected chi connectivity index (χ2v) is 3.58. The Bertz CT molecular complexity index is 485. The molecule has 0 saturated heterocycles. The van der Waals surface area contributed by atoms with Crippen molar-refractivity contribution >= 4 is 11.6 Å². The van der Waals surface area contributed by atoms with Crippen molar-refractivity contribution in [2.24, 2.45) is 0 Å². The Morgan fingerprint density at radius 1 is 1.06 bits per heavy atom. The molecular weight excluding hydrogens is 227 g/mol. The van der Waals surface area contributed by atoms with Crippen molar-refractivity contribution in [3.63, 3.8) is 0 Å². The quantitative estimate of drug-likeness (QED) is 0.720. The van der Waals surface area contributed by atoms with Gasteiger partial charge in [0.15, 0.2) is 11.6 Å². The molecule has 0 saturated carbocycles. The normalized spacial score (nSPS) is 10.1. The molecule has 2 rings (SSSR count). The molecule has 0 unspecified atom stereocenters. The Labute approximate surface area is 98.4 Å². The van der Waals surface area contributed by atoms with Crippen LogP contribution in [-0.2, 0) is 5.88 Å². The lowest BCUT2D eigenvalue weighted by Gasteiger charge is -2.07. The molecular formula is C13H10ClFO. The van der Waals surface area contributed by atoms with E-state index in [1.54, 1.807) is 30.3 Å². The molecule has 0 amide bonds. The zero-order valence-electron chi connectivity index (χ0n) is 8.49. The van der Waals surface area contributed by atoms with Gasteiger partial charge in [-0.2, -0.15) is 0 Å². The van der Waals surface area contributed by atoms with E-state index in [-0.39, 0.29) is 11.6 Å². The number of hydrogen-bond acceptors (Lipinski definition) is 1. The van der Waals surface area contributed by atoms with E-state index in [4.69, 9.17) is 16.3 Å². The number of ether oxygens (including phenoxy) is 1. The zero-order valence-corrected chi connectivity index (χ0v) is 9.25. The van der Waals surface area contributed by atoms with Crippen LogP contribution in [0.15, 0.2) is 48.5 Å². The van der Waals surface area contributed by atoms with E-state index in [1.807, 2.05) is 12.1 Å². The Hall–Kier alpha value is -1.54. The van der Waals surface area contributed by atoms with Gasteiger partial charge in [0.1, 0.15) is 5.75 Å². The molecule has 1 nitrogen and oxygen atoms in total. The molecule has 2 aromatic rings. The molecule has 0 bridgehead atoms. The summed E-state index contributed by atoms with van der Waals surface area (Å²) in [6, 6.07) is 13.6. The first-order valence-electron chi connectivity index (χ1n) is 4.87. The van der Waals surface area contributed by atoms with Gasteiger partial charge in [-0.3, -0.25) is 0 Å². The number of rotatable bonds is 3. The van der Waals surface area contributed by atoms with Crippen LogP contribution in [0.25, 0.3) is 0 Å². The summed E-state index contributed by atoms with van der Waals surface area (Å²) in [5, 5.41) is 0. The molecule has 0 N–H and O–H groups in total. The van der Waals surface area contributed by atoms with Gasteiger partial charge in [-0.15, -0.1) is 11.6 Å². The molecule has 3 heteroatoms. The van der Waals surface area contributed by atoms with E-state index < -0.39 is 0 Å². The Balaban J connectivity index is 2.24. The fourth-order valence-electron chi connectivity index (χ4n) is 1.35. The monoisotopic (exact) mass is 236 g/mol. The Kier molecular flexibility index (Phi) is 3.42. The molecule has 2 aromatic carbocycles. The number of alkyl halides is 1. The molecule has 16 heavy (non-hydrogen) atoms. The molecule has 0 aromatic heterocycles. The summed E-state index contributed by atoms with van der Waals surface area (Å²) in [6.07, 6.45) is 0. The lowest BCUT2D eigenvalue weighted by atomic mass is 10.2. The molecule has 0 radical (unpaired) electrons. The molecule has 0 heterocycles. The SMILES string of the molecule is Fc1ccccc1Oc1cccc(CCl)c1. The largest absolute Gasteiger partial charge is 0.454 e. The van der Waals surface area contributed by atoms with Crippen molar-refractivity contribution < 1.29 is 9.13 Å². The minimum Gasteiger partial charge on any atom is -0.454 e. The van der Waals surface area contributed by atoms with Gasteiger partial charge in [0.25, 0.3) is 0 Å². The van der Waals surface area contributed by atoms with Gasteiger partial charge in [0.2, 0.25) is 0 Å². The lowest BCUT2D eigenvalue weighted by Crippen LogP contribution is -1.88. The highest BCUT2D eigenvalue weighted by Gasteiger charge is 2.03. The minimum absolute atomic E-state index is 0.217. The van der Waals surface area contributed by atoms with Gasteiger partial charge in [-0.25, -0.2) is 4.39 Å². The fourth-order valence-corrected chi connectivity index (χ4v) is 1.51. The third kappa shape index (κ3) is 2.52. The average molecular weight is 237 g/mol. The summed E-state index contributed by atoms with van der Waals surface area (Å²) in [5.74, 6) is 0.838. The second-order valence-electron chi connectivity index (χ2n) is 3.31. The third-order valence-electron chi connectivity index (χ3n) is 2.12. The van der Waals surface area contributed by atoms with Crippen LogP contribution < -0.4 is 4.74 Å². The second kappa shape index (κ2) is 4.99. The van der Waals surface area contributed by atoms with Crippen molar-refractivity contribution in [1.29, 1.82) is 0 Å². The van der Waals surface area contributed by atoms with Crippen LogP contribution in [0, 0.1) is 5.82 Å². The average Bonchev–Trinajstić information content (AvgIpc) is 2.32. The third-order valence-corrected chi connectivity index (χ3v) is 2.43. The summed E-state index contributed by atoms with van der Waals surface area (Å²) in [5.41, 5.74) is 0.940. The number of hydrogen-bond donors (Lipinski definition) is 0. The van der Waals surface area contributed by atoms with Crippen LogP contribution in [0.1, 0.15) is 5.56 Å². The predicted molar refractivity (Wildman–Crippen MR) is 62.5 cm³/mol. The first kappa shape index (κ1) is 11.0. The van der Waals surface area contributed by atoms with Crippen molar-refractivity contribution in [3.8, 4) is 11.5 Å². The number of para-hydroxylation sites is 1. The van der Waals surface area contributed by atoms with Gasteiger partial charge >= 0.3 is 0 Å². The van der Waals surface area contributed by atoms with Gasteiger partial charge in [-0.1, -0.05) is 24.3 Å². The highest BCUT2D eigenvalue weighted by atomic mass is 35.5. The molecule has 0 aliphatic carbocycles. The molecule has 82 valence electrons. The zero-order chi connectivity index (χ0) is 11.4. The van der Waals surface area contributed by atoms with Gasteiger partial charge in [0.05, 0.1) is 0 Å². The van der Waals surface area contributed by atoms with E-state index in [1.165, 1.54) is 6.07 Å². The summed E-state index contributed by atoms with van der Waals surface area (Å²) in [4.78, 5) is 0. The van der Waals surface area contributed by atoms with Crippen molar-refractivity contribution in [1.82, 2.24) is 0 Å². The van der Waals surface area contributed by atoms with Gasteiger partial charge in [0, 0.05) is 5.88 Å². The molecule has 0 spiro atoms. The van der Waals surface area contributed by atoms with Crippen LogP contribution in [0.3, 0.4) is 0 Å². The van der Waals surface area contributed by atoms with E-state index in [9.17, 15) is 4.39 Å². The maximum Gasteiger partial charge on any atom is 0.165 e. The van der Waals surface area contributed by atoms with E-state index in [0.29, 0.717) is 11.6 Å². The van der Waals surface area contributed by atoms with Crippen LogP contribution in [0.5, 0.6) is 11.5 Å². The van der Waals surface area contributed by atoms with Gasteiger partial charge in [-0.05, 0) is 29.8 Å². The first-order chi connectivity index (χ1) is 7.79. The highest BCUT2D eigenvalue weighted by Crippen LogP contribution is 2.24.